The molecule has 68 heavy (non-hydrogen) atoms. The number of hydrogen-bond acceptors (Lipinski definition) is 5. The van der Waals surface area contributed by atoms with Gasteiger partial charge in [0.1, 0.15) is 49.1 Å². The van der Waals surface area contributed by atoms with Crippen molar-refractivity contribution in [3.05, 3.63) is 223 Å². The fourth-order valence-corrected chi connectivity index (χ4v) is 9.23. The van der Waals surface area contributed by atoms with Gasteiger partial charge in [-0.2, -0.15) is 0 Å². The topological polar surface area (TPSA) is 65.0 Å². The second-order valence-corrected chi connectivity index (χ2v) is 21.8. The quantitative estimate of drug-likeness (QED) is 0.131. The van der Waals surface area contributed by atoms with Crippen LogP contribution in [0.15, 0.2) is 140 Å². The van der Waals surface area contributed by atoms with Crippen molar-refractivity contribution in [2.75, 3.05) is 0 Å². The number of aromatic hydroxyl groups is 1. The Bertz CT molecular complexity index is 2720. The van der Waals surface area contributed by atoms with Gasteiger partial charge in [0.2, 0.25) is 0 Å². The Morgan fingerprint density at radius 1 is 0.397 bits per heavy atom. The van der Waals surface area contributed by atoms with Gasteiger partial charge in [0.15, 0.2) is 0 Å². The molecule has 8 rings (SSSR count). The summed E-state index contributed by atoms with van der Waals surface area (Å²) in [6, 6.07) is 48.8. The molecule has 0 atom stereocenters. The van der Waals surface area contributed by atoms with E-state index in [-0.39, 0.29) is 28.4 Å². The number of aldehydes is 1. The van der Waals surface area contributed by atoms with Crippen LogP contribution in [0.25, 0.3) is 0 Å². The Balaban J connectivity index is 1.45. The molecule has 350 valence electrons. The second-order valence-electron chi connectivity index (χ2n) is 21.8. The van der Waals surface area contributed by atoms with Crippen molar-refractivity contribution in [1.29, 1.82) is 0 Å². The first-order valence-electron chi connectivity index (χ1n) is 24.2. The van der Waals surface area contributed by atoms with Gasteiger partial charge in [-0.05, 0) is 99.7 Å². The van der Waals surface area contributed by atoms with E-state index >= 15 is 0 Å². The highest BCUT2D eigenvalue weighted by Gasteiger charge is 2.28. The molecule has 8 bridgehead atoms. The van der Waals surface area contributed by atoms with Crippen molar-refractivity contribution < 1.29 is 24.1 Å². The van der Waals surface area contributed by atoms with Gasteiger partial charge in [0, 0.05) is 32.1 Å². The highest BCUT2D eigenvalue weighted by molar-refractivity contribution is 5.61. The summed E-state index contributed by atoms with van der Waals surface area (Å²) >= 11 is 0. The molecule has 5 heteroatoms. The molecule has 1 aliphatic carbocycles. The molecular formula is C63H68O5. The first kappa shape index (κ1) is 47.9. The van der Waals surface area contributed by atoms with Crippen LogP contribution in [0.5, 0.6) is 23.0 Å². The van der Waals surface area contributed by atoms with Crippen LogP contribution in [0.3, 0.4) is 0 Å². The summed E-state index contributed by atoms with van der Waals surface area (Å²) in [7, 11) is 0. The summed E-state index contributed by atoms with van der Waals surface area (Å²) in [5.41, 5.74) is 14.7. The average Bonchev–Trinajstić information content (AvgIpc) is 3.29. The Labute approximate surface area is 405 Å². The van der Waals surface area contributed by atoms with E-state index in [0.29, 0.717) is 45.5 Å². The van der Waals surface area contributed by atoms with Gasteiger partial charge in [0.25, 0.3) is 0 Å². The maximum atomic E-state index is 12.6. The molecule has 5 nitrogen and oxygen atoms in total. The summed E-state index contributed by atoms with van der Waals surface area (Å²) in [6.45, 7) is 21.5. The smallest absolute Gasteiger partial charge is 0.126 e. The lowest BCUT2D eigenvalue weighted by atomic mass is 9.80. The van der Waals surface area contributed by atoms with Gasteiger partial charge < -0.3 is 24.1 Å². The summed E-state index contributed by atoms with van der Waals surface area (Å²) < 4.78 is 21.3. The van der Waals surface area contributed by atoms with Crippen LogP contribution in [0, 0.1) is 0 Å². The minimum absolute atomic E-state index is 0.183. The van der Waals surface area contributed by atoms with Crippen molar-refractivity contribution >= 4 is 6.29 Å². The van der Waals surface area contributed by atoms with Crippen LogP contribution < -0.4 is 14.2 Å². The number of carbonyl (C=O) groups is 1. The molecule has 0 saturated carbocycles. The number of carbonyl (C=O) groups excluding carboxylic acids is 1. The zero-order chi connectivity index (χ0) is 48.2. The second kappa shape index (κ2) is 19.9. The minimum Gasteiger partial charge on any atom is -0.507 e. The van der Waals surface area contributed by atoms with E-state index in [9.17, 15) is 9.90 Å². The molecule has 0 aromatic heterocycles. The lowest BCUT2D eigenvalue weighted by molar-refractivity contribution is -0.107. The molecule has 7 aromatic carbocycles. The van der Waals surface area contributed by atoms with E-state index in [1.165, 1.54) is 16.7 Å². The number of fused-ring (bicyclic) bond motifs is 8. The van der Waals surface area contributed by atoms with Crippen LogP contribution in [-0.2, 0) is 73.0 Å². The fraction of sp³-hybridized carbons (Fsp3) is 0.317. The first-order valence-corrected chi connectivity index (χ1v) is 24.2. The number of ether oxygens (including phenoxy) is 3. The Kier molecular flexibility index (Phi) is 14.0. The van der Waals surface area contributed by atoms with Crippen molar-refractivity contribution in [3.8, 4) is 23.0 Å². The molecule has 0 saturated heterocycles. The monoisotopic (exact) mass is 905 g/mol. The SMILES string of the molecule is CC(C)(C)c1cc2c(OCc3ccccc3)c(c1)Cc1cc(C(C)(C)C)cc(c1OCc1ccccc1)Cc1cc(C(C)(C)C)cc(c1OCc1ccccc1)Cc1cc(CC=O)cc(c1O)C2. The van der Waals surface area contributed by atoms with Crippen LogP contribution in [-0.4, -0.2) is 11.4 Å². The van der Waals surface area contributed by atoms with E-state index in [1.54, 1.807) is 0 Å². The zero-order valence-corrected chi connectivity index (χ0v) is 41.6. The van der Waals surface area contributed by atoms with Crippen LogP contribution in [0.1, 0.15) is 146 Å². The predicted octanol–water partition coefficient (Wildman–Crippen LogP) is 14.4. The maximum absolute atomic E-state index is 12.6. The van der Waals surface area contributed by atoms with Crippen molar-refractivity contribution in [2.45, 2.75) is 130 Å². The van der Waals surface area contributed by atoms with Crippen LogP contribution in [0.4, 0.5) is 0 Å². The number of benzene rings is 7. The van der Waals surface area contributed by atoms with Crippen LogP contribution >= 0.6 is 0 Å². The average molecular weight is 905 g/mol. The van der Waals surface area contributed by atoms with Gasteiger partial charge >= 0.3 is 0 Å². The molecule has 0 unspecified atom stereocenters. The van der Waals surface area contributed by atoms with E-state index < -0.39 is 0 Å². The van der Waals surface area contributed by atoms with Crippen molar-refractivity contribution in [2.24, 2.45) is 0 Å². The van der Waals surface area contributed by atoms with E-state index in [1.807, 2.05) is 54.6 Å². The number of phenols is 1. The molecule has 0 spiro atoms. The third-order valence-corrected chi connectivity index (χ3v) is 13.2. The summed E-state index contributed by atoms with van der Waals surface area (Å²) in [5.74, 6) is 2.67. The van der Waals surface area contributed by atoms with E-state index in [4.69, 9.17) is 14.2 Å². The number of phenolic OH excluding ortho intramolecular Hbond substituents is 1. The summed E-state index contributed by atoms with van der Waals surface area (Å²) in [6.07, 6.45) is 3.03. The predicted molar refractivity (Wildman–Crippen MR) is 277 cm³/mol. The molecular weight excluding hydrogens is 837 g/mol. The van der Waals surface area contributed by atoms with Gasteiger partial charge in [-0.25, -0.2) is 0 Å². The molecule has 0 amide bonds. The lowest BCUT2D eigenvalue weighted by Crippen LogP contribution is -2.17. The fourth-order valence-electron chi connectivity index (χ4n) is 9.23. The first-order chi connectivity index (χ1) is 32.4. The van der Waals surface area contributed by atoms with E-state index in [0.717, 1.165) is 90.3 Å². The Morgan fingerprint density at radius 3 is 0.912 bits per heavy atom. The van der Waals surface area contributed by atoms with Gasteiger partial charge in [-0.15, -0.1) is 0 Å². The highest BCUT2D eigenvalue weighted by Crippen LogP contribution is 2.44. The van der Waals surface area contributed by atoms with Crippen molar-refractivity contribution in [1.82, 2.24) is 0 Å². The third-order valence-electron chi connectivity index (χ3n) is 13.2. The van der Waals surface area contributed by atoms with Crippen LogP contribution in [0.2, 0.25) is 0 Å². The maximum Gasteiger partial charge on any atom is 0.126 e. The minimum atomic E-state index is -0.205. The molecule has 7 aromatic rings. The van der Waals surface area contributed by atoms with E-state index in [2.05, 4.69) is 147 Å². The molecule has 0 radical (unpaired) electrons. The van der Waals surface area contributed by atoms with Gasteiger partial charge in [0.05, 0.1) is 0 Å². The van der Waals surface area contributed by atoms with Gasteiger partial charge in [-0.3, -0.25) is 0 Å². The molecule has 0 heterocycles. The number of hydrogen-bond donors (Lipinski definition) is 1. The summed E-state index contributed by atoms with van der Waals surface area (Å²) in [5, 5.41) is 12.6. The Hall–Kier alpha value is -6.59. The third kappa shape index (κ3) is 11.4. The molecule has 1 N–H and O–H groups in total. The molecule has 0 fully saturated rings. The lowest BCUT2D eigenvalue weighted by Gasteiger charge is -2.28. The Morgan fingerprint density at radius 2 is 0.662 bits per heavy atom. The molecule has 1 aliphatic rings. The van der Waals surface area contributed by atoms with Crippen molar-refractivity contribution in [3.63, 3.8) is 0 Å². The number of rotatable bonds is 11. The standard InChI is InChI=1S/C63H68O5/c1-61(2,3)54-33-48-29-46-27-45(25-26-64)28-47(57(46)65)30-49-34-55(62(4,5)6)36-51(59(49)67-40-43-21-15-11-16-22-43)32-53-38-56(63(7,8)9)37-52(60(53)68-41-44-23-17-12-18-24-44)31-50(35-54)58(48)66-39-42-19-13-10-14-20-42/h10-24,26-28,33-38,65H,25,29-32,39-41H2,1-9H3. The van der Waals surface area contributed by atoms with Gasteiger partial charge in [-0.1, -0.05) is 202 Å². The highest BCUT2D eigenvalue weighted by atomic mass is 16.5. The zero-order valence-electron chi connectivity index (χ0n) is 41.6. The largest absolute Gasteiger partial charge is 0.507 e. The molecule has 0 aliphatic heterocycles. The normalized spacial score (nSPS) is 12.9. The summed E-state index contributed by atoms with van der Waals surface area (Å²) in [4.78, 5) is 12.3.